The second kappa shape index (κ2) is 7.67. The molecule has 0 bridgehead atoms. The monoisotopic (exact) mass is 377 g/mol. The lowest BCUT2D eigenvalue weighted by atomic mass is 10.1. The molecule has 2 aromatic heterocycles. The van der Waals surface area contributed by atoms with Crippen molar-refractivity contribution < 1.29 is 4.79 Å². The number of amides is 1. The molecule has 1 aliphatic heterocycles. The Hall–Kier alpha value is -3.42. The molecule has 0 saturated carbocycles. The van der Waals surface area contributed by atoms with Gasteiger partial charge in [0.05, 0.1) is 0 Å². The van der Waals surface area contributed by atoms with Gasteiger partial charge in [-0.15, -0.1) is 0 Å². The van der Waals surface area contributed by atoms with Crippen LogP contribution in [0.3, 0.4) is 0 Å². The van der Waals surface area contributed by atoms with Crippen molar-refractivity contribution in [1.29, 1.82) is 0 Å². The fraction of sp³-hybridized carbons (Fsp3) is 0.300. The van der Waals surface area contributed by atoms with E-state index in [1.165, 1.54) is 0 Å². The van der Waals surface area contributed by atoms with E-state index in [-0.39, 0.29) is 5.91 Å². The average molecular weight is 377 g/mol. The molecule has 1 aromatic carbocycles. The number of aromatic nitrogens is 4. The summed E-state index contributed by atoms with van der Waals surface area (Å²) >= 11 is 0. The first-order valence-corrected chi connectivity index (χ1v) is 9.25. The maximum absolute atomic E-state index is 12.8. The van der Waals surface area contributed by atoms with Gasteiger partial charge in [-0.05, 0) is 30.3 Å². The van der Waals surface area contributed by atoms with Crippen LogP contribution in [-0.2, 0) is 0 Å². The third-order valence-electron chi connectivity index (χ3n) is 4.90. The van der Waals surface area contributed by atoms with Gasteiger partial charge in [-0.2, -0.15) is 5.10 Å². The molecule has 144 valence electrons. The number of carbonyl (C=O) groups excluding carboxylic acids is 1. The standard InChI is InChI=1S/C20H23N7O/c1-24(2)17-6-4-16(5-7-17)20(28)26-12-10-25(11-13-26)18-14-19(22-15-21-18)27-9-3-8-23-27/h3-9,14-15H,10-13H2,1-2H3. The molecule has 0 unspecified atom stereocenters. The molecule has 0 N–H and O–H groups in total. The predicted octanol–water partition coefficient (Wildman–Crippen LogP) is 1.69. The highest BCUT2D eigenvalue weighted by molar-refractivity contribution is 5.94. The lowest BCUT2D eigenvalue weighted by Gasteiger charge is -2.35. The van der Waals surface area contributed by atoms with Crippen molar-refractivity contribution in [2.24, 2.45) is 0 Å². The molecule has 1 fully saturated rings. The van der Waals surface area contributed by atoms with Gasteiger partial charge in [-0.1, -0.05) is 0 Å². The molecule has 8 heteroatoms. The van der Waals surface area contributed by atoms with Gasteiger partial charge in [-0.25, -0.2) is 14.6 Å². The van der Waals surface area contributed by atoms with E-state index in [4.69, 9.17) is 0 Å². The van der Waals surface area contributed by atoms with E-state index in [0.717, 1.165) is 36.0 Å². The number of anilines is 2. The Balaban J connectivity index is 1.40. The van der Waals surface area contributed by atoms with Gasteiger partial charge >= 0.3 is 0 Å². The van der Waals surface area contributed by atoms with Crippen LogP contribution in [0.5, 0.6) is 0 Å². The van der Waals surface area contributed by atoms with E-state index in [9.17, 15) is 4.79 Å². The highest BCUT2D eigenvalue weighted by atomic mass is 16.2. The maximum atomic E-state index is 12.8. The van der Waals surface area contributed by atoms with Crippen molar-refractivity contribution in [2.75, 3.05) is 50.1 Å². The zero-order chi connectivity index (χ0) is 19.5. The summed E-state index contributed by atoms with van der Waals surface area (Å²) in [5.74, 6) is 1.65. The third-order valence-corrected chi connectivity index (χ3v) is 4.90. The van der Waals surface area contributed by atoms with Crippen LogP contribution in [0.25, 0.3) is 5.82 Å². The van der Waals surface area contributed by atoms with Crippen LogP contribution in [0.1, 0.15) is 10.4 Å². The highest BCUT2D eigenvalue weighted by Gasteiger charge is 2.23. The fourth-order valence-electron chi connectivity index (χ4n) is 3.26. The van der Waals surface area contributed by atoms with Gasteiger partial charge in [0.25, 0.3) is 5.91 Å². The molecular formula is C20H23N7O. The van der Waals surface area contributed by atoms with Gasteiger partial charge in [0, 0.05) is 70.0 Å². The van der Waals surface area contributed by atoms with Crippen molar-refractivity contribution in [1.82, 2.24) is 24.6 Å². The molecule has 8 nitrogen and oxygen atoms in total. The Morgan fingerprint density at radius 3 is 2.36 bits per heavy atom. The first-order chi connectivity index (χ1) is 13.6. The Labute approximate surface area is 164 Å². The Kier molecular flexibility index (Phi) is 4.92. The Morgan fingerprint density at radius 2 is 1.71 bits per heavy atom. The van der Waals surface area contributed by atoms with E-state index >= 15 is 0 Å². The van der Waals surface area contributed by atoms with Gasteiger partial charge in [0.2, 0.25) is 0 Å². The number of hydrogen-bond donors (Lipinski definition) is 0. The minimum absolute atomic E-state index is 0.0740. The van der Waals surface area contributed by atoms with E-state index in [1.807, 2.05) is 66.5 Å². The van der Waals surface area contributed by atoms with Crippen LogP contribution in [-0.4, -0.2) is 70.8 Å². The van der Waals surface area contributed by atoms with Crippen molar-refractivity contribution in [3.63, 3.8) is 0 Å². The fourth-order valence-corrected chi connectivity index (χ4v) is 3.26. The first-order valence-electron chi connectivity index (χ1n) is 9.25. The normalized spacial score (nSPS) is 14.2. The zero-order valence-electron chi connectivity index (χ0n) is 16.1. The number of piperazine rings is 1. The summed E-state index contributed by atoms with van der Waals surface area (Å²) in [4.78, 5) is 27.6. The molecule has 3 heterocycles. The smallest absolute Gasteiger partial charge is 0.253 e. The first kappa shape index (κ1) is 18.0. The quantitative estimate of drug-likeness (QED) is 0.689. The van der Waals surface area contributed by atoms with Crippen LogP contribution in [0.15, 0.2) is 55.1 Å². The highest BCUT2D eigenvalue weighted by Crippen LogP contribution is 2.18. The molecule has 0 radical (unpaired) electrons. The SMILES string of the molecule is CN(C)c1ccc(C(=O)N2CCN(c3cc(-n4cccn4)ncn3)CC2)cc1. The number of carbonyl (C=O) groups is 1. The van der Waals surface area contributed by atoms with Crippen LogP contribution in [0.2, 0.25) is 0 Å². The minimum Gasteiger partial charge on any atom is -0.378 e. The molecule has 0 aliphatic carbocycles. The summed E-state index contributed by atoms with van der Waals surface area (Å²) in [6.45, 7) is 2.79. The molecule has 4 rings (SSSR count). The Morgan fingerprint density at radius 1 is 1.00 bits per heavy atom. The molecule has 1 saturated heterocycles. The molecule has 1 aliphatic rings. The summed E-state index contributed by atoms with van der Waals surface area (Å²) in [5, 5.41) is 4.21. The van der Waals surface area contributed by atoms with Crippen LogP contribution in [0.4, 0.5) is 11.5 Å². The number of nitrogens with zero attached hydrogens (tertiary/aromatic N) is 7. The topological polar surface area (TPSA) is 70.4 Å². The second-order valence-corrected chi connectivity index (χ2v) is 6.91. The molecule has 0 spiro atoms. The predicted molar refractivity (Wildman–Crippen MR) is 108 cm³/mol. The van der Waals surface area contributed by atoms with Crippen molar-refractivity contribution >= 4 is 17.4 Å². The average Bonchev–Trinajstić information content (AvgIpc) is 3.28. The van der Waals surface area contributed by atoms with Crippen molar-refractivity contribution in [2.45, 2.75) is 0 Å². The number of rotatable bonds is 4. The van der Waals surface area contributed by atoms with Crippen LogP contribution < -0.4 is 9.80 Å². The number of hydrogen-bond acceptors (Lipinski definition) is 6. The van der Waals surface area contributed by atoms with E-state index in [2.05, 4.69) is 20.0 Å². The molecular weight excluding hydrogens is 354 g/mol. The van der Waals surface area contributed by atoms with Crippen molar-refractivity contribution in [3.05, 3.63) is 60.7 Å². The van der Waals surface area contributed by atoms with Gasteiger partial charge in [0.15, 0.2) is 5.82 Å². The molecule has 3 aromatic rings. The second-order valence-electron chi connectivity index (χ2n) is 6.91. The minimum atomic E-state index is 0.0740. The van der Waals surface area contributed by atoms with Gasteiger partial charge in [-0.3, -0.25) is 4.79 Å². The maximum Gasteiger partial charge on any atom is 0.253 e. The van der Waals surface area contributed by atoms with Crippen molar-refractivity contribution in [3.8, 4) is 5.82 Å². The van der Waals surface area contributed by atoms with Crippen LogP contribution >= 0.6 is 0 Å². The zero-order valence-corrected chi connectivity index (χ0v) is 16.1. The third kappa shape index (κ3) is 3.66. The van der Waals surface area contributed by atoms with E-state index in [1.54, 1.807) is 17.2 Å². The lowest BCUT2D eigenvalue weighted by Crippen LogP contribution is -2.49. The van der Waals surface area contributed by atoms with Gasteiger partial charge < -0.3 is 14.7 Å². The van der Waals surface area contributed by atoms with Gasteiger partial charge in [0.1, 0.15) is 12.1 Å². The Bertz CT molecular complexity index is 929. The van der Waals surface area contributed by atoms with Crippen LogP contribution in [0, 0.1) is 0 Å². The number of benzene rings is 1. The lowest BCUT2D eigenvalue weighted by molar-refractivity contribution is 0.0746. The summed E-state index contributed by atoms with van der Waals surface area (Å²) in [5.41, 5.74) is 1.81. The molecule has 28 heavy (non-hydrogen) atoms. The van der Waals surface area contributed by atoms with E-state index in [0.29, 0.717) is 13.1 Å². The summed E-state index contributed by atoms with van der Waals surface area (Å²) in [6, 6.07) is 11.5. The summed E-state index contributed by atoms with van der Waals surface area (Å²) in [6.07, 6.45) is 5.12. The largest absolute Gasteiger partial charge is 0.378 e. The van der Waals surface area contributed by atoms with E-state index < -0.39 is 0 Å². The summed E-state index contributed by atoms with van der Waals surface area (Å²) in [7, 11) is 3.97. The summed E-state index contributed by atoms with van der Waals surface area (Å²) < 4.78 is 1.71. The molecule has 1 amide bonds. The molecule has 0 atom stereocenters.